The lowest BCUT2D eigenvalue weighted by molar-refractivity contribution is -0.139. The fourth-order valence-electron chi connectivity index (χ4n) is 3.20. The number of amides is 4. The summed E-state index contributed by atoms with van der Waals surface area (Å²) in [6.45, 7) is 1.35. The van der Waals surface area contributed by atoms with E-state index >= 15 is 0 Å². The van der Waals surface area contributed by atoms with Crippen LogP contribution in [0, 0.1) is 5.92 Å². The van der Waals surface area contributed by atoms with Gasteiger partial charge in [0.05, 0.1) is 12.5 Å². The lowest BCUT2D eigenvalue weighted by Crippen LogP contribution is -2.58. The van der Waals surface area contributed by atoms with Crippen molar-refractivity contribution >= 4 is 17.8 Å². The van der Waals surface area contributed by atoms with Gasteiger partial charge in [0, 0.05) is 31.7 Å². The van der Waals surface area contributed by atoms with Gasteiger partial charge in [-0.2, -0.15) is 0 Å². The Hall–Kier alpha value is -2.61. The number of benzene rings is 1. The quantitative estimate of drug-likeness (QED) is 0.674. The highest BCUT2D eigenvalue weighted by Gasteiger charge is 2.43. The molecule has 2 aliphatic rings. The Morgan fingerprint density at radius 1 is 1.20 bits per heavy atom. The Bertz CT molecular complexity index is 674. The third-order valence-corrected chi connectivity index (χ3v) is 4.80. The maximum atomic E-state index is 12.4. The van der Waals surface area contributed by atoms with E-state index in [2.05, 4.69) is 5.32 Å². The smallest absolute Gasteiger partial charge is 0.314 e. The SMILES string of the molecule is NC(=O)N1CC(C(=O)N2CCC(O)(CNC(=O)c3ccccc3)C2)C1. The van der Waals surface area contributed by atoms with Gasteiger partial charge in [-0.1, -0.05) is 18.2 Å². The largest absolute Gasteiger partial charge is 0.386 e. The van der Waals surface area contributed by atoms with Crippen LogP contribution >= 0.6 is 0 Å². The van der Waals surface area contributed by atoms with Crippen LogP contribution in [0.1, 0.15) is 16.8 Å². The van der Waals surface area contributed by atoms with Crippen LogP contribution < -0.4 is 11.1 Å². The molecule has 1 atom stereocenters. The molecule has 2 saturated heterocycles. The van der Waals surface area contributed by atoms with Crippen molar-refractivity contribution in [1.82, 2.24) is 15.1 Å². The Labute approximate surface area is 145 Å². The highest BCUT2D eigenvalue weighted by molar-refractivity contribution is 5.94. The molecular weight excluding hydrogens is 324 g/mol. The minimum Gasteiger partial charge on any atom is -0.386 e. The third kappa shape index (κ3) is 3.74. The highest BCUT2D eigenvalue weighted by atomic mass is 16.3. The highest BCUT2D eigenvalue weighted by Crippen LogP contribution is 2.25. The third-order valence-electron chi connectivity index (χ3n) is 4.80. The summed E-state index contributed by atoms with van der Waals surface area (Å²) in [4.78, 5) is 38.4. The number of likely N-dealkylation sites (tertiary alicyclic amines) is 2. The van der Waals surface area contributed by atoms with Crippen LogP contribution in [0.25, 0.3) is 0 Å². The monoisotopic (exact) mass is 346 g/mol. The van der Waals surface area contributed by atoms with Gasteiger partial charge in [-0.25, -0.2) is 4.79 Å². The van der Waals surface area contributed by atoms with Crippen molar-refractivity contribution in [2.75, 3.05) is 32.7 Å². The van der Waals surface area contributed by atoms with E-state index in [9.17, 15) is 19.5 Å². The summed E-state index contributed by atoms with van der Waals surface area (Å²) in [5, 5.41) is 13.3. The van der Waals surface area contributed by atoms with Gasteiger partial charge in [0.25, 0.3) is 5.91 Å². The van der Waals surface area contributed by atoms with E-state index in [1.54, 1.807) is 29.2 Å². The number of primary amides is 1. The number of β-amino-alcohol motifs (C(OH)–C–C–N with tert-alkyl or cyclic N) is 1. The first kappa shape index (κ1) is 17.2. The number of urea groups is 1. The molecule has 2 aliphatic heterocycles. The molecule has 2 heterocycles. The van der Waals surface area contributed by atoms with Crippen molar-refractivity contribution in [1.29, 1.82) is 0 Å². The Morgan fingerprint density at radius 2 is 1.88 bits per heavy atom. The summed E-state index contributed by atoms with van der Waals surface area (Å²) in [5.74, 6) is -0.591. The van der Waals surface area contributed by atoms with Crippen molar-refractivity contribution in [3.63, 3.8) is 0 Å². The van der Waals surface area contributed by atoms with Crippen molar-refractivity contribution in [2.24, 2.45) is 11.7 Å². The van der Waals surface area contributed by atoms with Gasteiger partial charge >= 0.3 is 6.03 Å². The first-order valence-electron chi connectivity index (χ1n) is 8.27. The van der Waals surface area contributed by atoms with E-state index < -0.39 is 11.6 Å². The number of rotatable bonds is 4. The number of nitrogens with two attached hydrogens (primary N) is 1. The summed E-state index contributed by atoms with van der Waals surface area (Å²) in [7, 11) is 0. The molecule has 0 spiro atoms. The second-order valence-corrected chi connectivity index (χ2v) is 6.72. The molecule has 8 nitrogen and oxygen atoms in total. The average molecular weight is 346 g/mol. The van der Waals surface area contributed by atoms with Gasteiger partial charge in [0.15, 0.2) is 0 Å². The predicted molar refractivity (Wildman–Crippen MR) is 89.6 cm³/mol. The summed E-state index contributed by atoms with van der Waals surface area (Å²) in [5.41, 5.74) is 4.55. The molecule has 0 aliphatic carbocycles. The number of carbonyl (C=O) groups is 3. The fourth-order valence-corrected chi connectivity index (χ4v) is 3.20. The van der Waals surface area contributed by atoms with E-state index in [0.717, 1.165) is 0 Å². The fraction of sp³-hybridized carbons (Fsp3) is 0.471. The molecule has 2 fully saturated rings. The van der Waals surface area contributed by atoms with Crippen molar-refractivity contribution in [3.05, 3.63) is 35.9 Å². The molecule has 134 valence electrons. The lowest BCUT2D eigenvalue weighted by Gasteiger charge is -2.38. The second-order valence-electron chi connectivity index (χ2n) is 6.72. The van der Waals surface area contributed by atoms with Crippen molar-refractivity contribution in [3.8, 4) is 0 Å². The van der Waals surface area contributed by atoms with Crippen LogP contribution in [0.2, 0.25) is 0 Å². The number of hydrogen-bond acceptors (Lipinski definition) is 4. The molecule has 0 radical (unpaired) electrons. The molecule has 0 saturated carbocycles. The van der Waals surface area contributed by atoms with Crippen LogP contribution in [-0.4, -0.2) is 71.1 Å². The molecule has 25 heavy (non-hydrogen) atoms. The maximum absolute atomic E-state index is 12.4. The zero-order chi connectivity index (χ0) is 18.0. The standard InChI is InChI=1S/C17H22N4O4/c18-16(24)21-8-13(9-21)15(23)20-7-6-17(25,11-20)10-19-14(22)12-4-2-1-3-5-12/h1-5,13,25H,6-11H2,(H2,18,24)(H,19,22). The van der Waals surface area contributed by atoms with E-state index in [4.69, 9.17) is 5.73 Å². The lowest BCUT2D eigenvalue weighted by atomic mass is 9.99. The molecular formula is C17H22N4O4. The predicted octanol–water partition coefficient (Wildman–Crippen LogP) is -0.610. The first-order valence-corrected chi connectivity index (χ1v) is 8.27. The molecule has 1 unspecified atom stereocenters. The Morgan fingerprint density at radius 3 is 2.52 bits per heavy atom. The minimum absolute atomic E-state index is 0.0807. The number of aliphatic hydroxyl groups is 1. The normalized spacial score (nSPS) is 23.2. The minimum atomic E-state index is -1.13. The van der Waals surface area contributed by atoms with Gasteiger partial charge in [-0.15, -0.1) is 0 Å². The van der Waals surface area contributed by atoms with Crippen molar-refractivity contribution in [2.45, 2.75) is 12.0 Å². The van der Waals surface area contributed by atoms with Crippen LogP contribution in [0.3, 0.4) is 0 Å². The van der Waals surface area contributed by atoms with Gasteiger partial charge in [0.1, 0.15) is 5.60 Å². The van der Waals surface area contributed by atoms with E-state index in [1.165, 1.54) is 4.90 Å². The maximum Gasteiger partial charge on any atom is 0.314 e. The summed E-state index contributed by atoms with van der Waals surface area (Å²) >= 11 is 0. The molecule has 3 rings (SSSR count). The molecule has 0 aromatic heterocycles. The molecule has 1 aromatic rings. The second kappa shape index (κ2) is 6.72. The Kier molecular flexibility index (Phi) is 4.63. The van der Waals surface area contributed by atoms with Gasteiger partial charge in [0.2, 0.25) is 5.91 Å². The van der Waals surface area contributed by atoms with Gasteiger partial charge < -0.3 is 26.0 Å². The summed E-state index contributed by atoms with van der Waals surface area (Å²) < 4.78 is 0. The number of nitrogens with one attached hydrogen (secondary N) is 1. The average Bonchev–Trinajstić information content (AvgIpc) is 2.94. The number of nitrogens with zero attached hydrogens (tertiary/aromatic N) is 2. The first-order chi connectivity index (χ1) is 11.9. The van der Waals surface area contributed by atoms with E-state index in [-0.39, 0.29) is 30.8 Å². The topological polar surface area (TPSA) is 116 Å². The number of hydrogen-bond donors (Lipinski definition) is 3. The summed E-state index contributed by atoms with van der Waals surface area (Å²) in [6.07, 6.45) is 0.403. The molecule has 4 N–H and O–H groups in total. The van der Waals surface area contributed by atoms with Crippen molar-refractivity contribution < 1.29 is 19.5 Å². The molecule has 1 aromatic carbocycles. The van der Waals surface area contributed by atoms with Crippen LogP contribution in [0.4, 0.5) is 4.79 Å². The van der Waals surface area contributed by atoms with E-state index in [1.807, 2.05) is 6.07 Å². The molecule has 8 heteroatoms. The van der Waals surface area contributed by atoms with Gasteiger partial charge in [-0.05, 0) is 18.6 Å². The van der Waals surface area contributed by atoms with Crippen LogP contribution in [0.15, 0.2) is 30.3 Å². The zero-order valence-corrected chi connectivity index (χ0v) is 13.9. The van der Waals surface area contributed by atoms with Gasteiger partial charge in [-0.3, -0.25) is 9.59 Å². The van der Waals surface area contributed by atoms with Crippen LogP contribution in [-0.2, 0) is 4.79 Å². The summed E-state index contributed by atoms with van der Waals surface area (Å²) in [6, 6.07) is 8.24. The number of carbonyl (C=O) groups excluding carboxylic acids is 3. The van der Waals surface area contributed by atoms with Crippen LogP contribution in [0.5, 0.6) is 0 Å². The molecule has 4 amide bonds. The molecule has 0 bridgehead atoms. The van der Waals surface area contributed by atoms with E-state index in [0.29, 0.717) is 31.6 Å². The zero-order valence-electron chi connectivity index (χ0n) is 13.9. The Balaban J connectivity index is 1.49.